The Hall–Kier alpha value is -4.07. The molecule has 0 atom stereocenters. The van der Waals surface area contributed by atoms with Crippen LogP contribution in [0.15, 0.2) is 77.4 Å². The molecule has 0 saturated carbocycles. The van der Waals surface area contributed by atoms with Crippen LogP contribution in [0.1, 0.15) is 20.9 Å². The van der Waals surface area contributed by atoms with Crippen molar-refractivity contribution in [2.75, 3.05) is 19.8 Å². The SMILES string of the molecule is O=C(COC(=O)c1ccccc1OCCOc1ccccc1)NC(=O)c1ccco1. The van der Waals surface area contributed by atoms with Crippen molar-refractivity contribution in [3.05, 3.63) is 84.3 Å². The highest BCUT2D eigenvalue weighted by atomic mass is 16.5. The second-order valence-corrected chi connectivity index (χ2v) is 5.94. The number of ether oxygens (including phenoxy) is 3. The van der Waals surface area contributed by atoms with E-state index in [0.717, 1.165) is 0 Å². The third-order valence-corrected chi connectivity index (χ3v) is 3.79. The van der Waals surface area contributed by atoms with E-state index < -0.39 is 24.4 Å². The fraction of sp³-hybridized carbons (Fsp3) is 0.136. The topological polar surface area (TPSA) is 104 Å². The Morgan fingerprint density at radius 3 is 2.33 bits per heavy atom. The summed E-state index contributed by atoms with van der Waals surface area (Å²) in [5, 5.41) is 2.06. The molecule has 1 heterocycles. The molecule has 8 nitrogen and oxygen atoms in total. The van der Waals surface area contributed by atoms with Crippen molar-refractivity contribution in [2.45, 2.75) is 0 Å². The zero-order valence-corrected chi connectivity index (χ0v) is 15.9. The number of amides is 2. The standard InChI is InChI=1S/C22H19NO7/c24-20(23-21(25)19-11-6-12-28-19)15-30-22(26)17-9-4-5-10-18(17)29-14-13-27-16-7-2-1-3-8-16/h1-12H,13-15H2,(H,23,24,25). The van der Waals surface area contributed by atoms with E-state index in [0.29, 0.717) is 11.5 Å². The van der Waals surface area contributed by atoms with E-state index in [4.69, 9.17) is 18.6 Å². The van der Waals surface area contributed by atoms with Crippen LogP contribution in [0.25, 0.3) is 0 Å². The largest absolute Gasteiger partial charge is 0.490 e. The third-order valence-electron chi connectivity index (χ3n) is 3.79. The molecule has 0 saturated heterocycles. The van der Waals surface area contributed by atoms with Crippen LogP contribution in [0.2, 0.25) is 0 Å². The van der Waals surface area contributed by atoms with E-state index in [-0.39, 0.29) is 24.5 Å². The Morgan fingerprint density at radius 1 is 0.833 bits per heavy atom. The fourth-order valence-corrected chi connectivity index (χ4v) is 2.43. The van der Waals surface area contributed by atoms with Crippen LogP contribution in [0.5, 0.6) is 11.5 Å². The minimum atomic E-state index is -0.778. The van der Waals surface area contributed by atoms with Gasteiger partial charge in [-0.05, 0) is 36.4 Å². The maximum absolute atomic E-state index is 12.3. The van der Waals surface area contributed by atoms with Crippen LogP contribution >= 0.6 is 0 Å². The van der Waals surface area contributed by atoms with Crippen molar-refractivity contribution in [2.24, 2.45) is 0 Å². The molecule has 0 radical (unpaired) electrons. The lowest BCUT2D eigenvalue weighted by Crippen LogP contribution is -2.34. The molecule has 2 aromatic carbocycles. The van der Waals surface area contributed by atoms with E-state index in [1.807, 2.05) is 30.3 Å². The average Bonchev–Trinajstić information content (AvgIpc) is 3.31. The molecule has 0 aliphatic heterocycles. The zero-order valence-electron chi connectivity index (χ0n) is 15.9. The highest BCUT2D eigenvalue weighted by molar-refractivity contribution is 6.04. The molecule has 30 heavy (non-hydrogen) atoms. The van der Waals surface area contributed by atoms with Gasteiger partial charge in [0.2, 0.25) is 0 Å². The Labute approximate surface area is 172 Å². The highest BCUT2D eigenvalue weighted by Crippen LogP contribution is 2.19. The van der Waals surface area contributed by atoms with Gasteiger partial charge in [-0.25, -0.2) is 4.79 Å². The van der Waals surface area contributed by atoms with E-state index in [9.17, 15) is 14.4 Å². The van der Waals surface area contributed by atoms with Gasteiger partial charge in [-0.3, -0.25) is 14.9 Å². The summed E-state index contributed by atoms with van der Waals surface area (Å²) in [5.41, 5.74) is 0.155. The van der Waals surface area contributed by atoms with E-state index in [1.54, 1.807) is 18.2 Å². The highest BCUT2D eigenvalue weighted by Gasteiger charge is 2.17. The summed E-state index contributed by atoms with van der Waals surface area (Å²) in [5.74, 6) is -1.26. The molecule has 0 unspecified atom stereocenters. The van der Waals surface area contributed by atoms with Gasteiger partial charge in [0.1, 0.15) is 30.3 Å². The first kappa shape index (κ1) is 20.7. The van der Waals surface area contributed by atoms with E-state index in [2.05, 4.69) is 5.32 Å². The number of hydrogen-bond donors (Lipinski definition) is 1. The first-order valence-corrected chi connectivity index (χ1v) is 9.08. The minimum absolute atomic E-state index is 0.0221. The molecule has 1 aromatic heterocycles. The van der Waals surface area contributed by atoms with Gasteiger partial charge in [0, 0.05) is 0 Å². The number of esters is 1. The summed E-state index contributed by atoms with van der Waals surface area (Å²) < 4.78 is 21.0. The molecule has 0 aliphatic rings. The Bertz CT molecular complexity index is 984. The number of para-hydroxylation sites is 2. The van der Waals surface area contributed by atoms with Crippen LogP contribution in [-0.4, -0.2) is 37.6 Å². The molecule has 2 amide bonds. The summed E-state index contributed by atoms with van der Waals surface area (Å²) in [6, 6.07) is 18.7. The Morgan fingerprint density at radius 2 is 1.57 bits per heavy atom. The summed E-state index contributed by atoms with van der Waals surface area (Å²) >= 11 is 0. The Balaban J connectivity index is 1.47. The number of furan rings is 1. The first-order chi connectivity index (χ1) is 14.6. The van der Waals surface area contributed by atoms with Crippen molar-refractivity contribution < 1.29 is 33.0 Å². The van der Waals surface area contributed by atoms with Crippen molar-refractivity contribution in [3.8, 4) is 11.5 Å². The molecule has 3 aromatic rings. The Kier molecular flexibility index (Phi) is 7.21. The molecule has 0 aliphatic carbocycles. The van der Waals surface area contributed by atoms with Gasteiger partial charge in [0.15, 0.2) is 12.4 Å². The number of carbonyl (C=O) groups excluding carboxylic acids is 3. The molecule has 0 fully saturated rings. The summed E-state index contributed by atoms with van der Waals surface area (Å²) in [4.78, 5) is 35.9. The van der Waals surface area contributed by atoms with Gasteiger partial charge in [-0.15, -0.1) is 0 Å². The predicted octanol–water partition coefficient (Wildman–Crippen LogP) is 2.85. The van der Waals surface area contributed by atoms with Gasteiger partial charge in [0.05, 0.1) is 6.26 Å². The predicted molar refractivity (Wildman–Crippen MR) is 105 cm³/mol. The monoisotopic (exact) mass is 409 g/mol. The second kappa shape index (κ2) is 10.5. The van der Waals surface area contributed by atoms with Gasteiger partial charge in [-0.1, -0.05) is 30.3 Å². The van der Waals surface area contributed by atoms with E-state index >= 15 is 0 Å². The molecule has 0 spiro atoms. The van der Waals surface area contributed by atoms with Gasteiger partial charge in [0.25, 0.3) is 11.8 Å². The molecule has 8 heteroatoms. The summed E-state index contributed by atoms with van der Waals surface area (Å²) in [6.45, 7) is -0.140. The maximum Gasteiger partial charge on any atom is 0.342 e. The number of benzene rings is 2. The van der Waals surface area contributed by atoms with Crippen LogP contribution in [-0.2, 0) is 9.53 Å². The number of imide groups is 1. The van der Waals surface area contributed by atoms with E-state index in [1.165, 1.54) is 24.5 Å². The van der Waals surface area contributed by atoms with Crippen molar-refractivity contribution in [1.29, 1.82) is 0 Å². The molecular weight excluding hydrogens is 390 g/mol. The smallest absolute Gasteiger partial charge is 0.342 e. The van der Waals surface area contributed by atoms with Crippen LogP contribution in [0, 0.1) is 0 Å². The number of rotatable bonds is 9. The lowest BCUT2D eigenvalue weighted by molar-refractivity contribution is -0.123. The lowest BCUT2D eigenvalue weighted by Gasteiger charge is -2.12. The molecular formula is C22H19NO7. The molecule has 0 bridgehead atoms. The lowest BCUT2D eigenvalue weighted by atomic mass is 10.2. The summed E-state index contributed by atoms with van der Waals surface area (Å²) in [7, 11) is 0. The van der Waals surface area contributed by atoms with Crippen LogP contribution in [0.4, 0.5) is 0 Å². The second-order valence-electron chi connectivity index (χ2n) is 5.94. The quantitative estimate of drug-likeness (QED) is 0.428. The number of carbonyl (C=O) groups is 3. The van der Waals surface area contributed by atoms with Crippen molar-refractivity contribution in [3.63, 3.8) is 0 Å². The maximum atomic E-state index is 12.3. The third kappa shape index (κ3) is 5.96. The number of hydrogen-bond acceptors (Lipinski definition) is 7. The van der Waals surface area contributed by atoms with Crippen LogP contribution < -0.4 is 14.8 Å². The van der Waals surface area contributed by atoms with Crippen molar-refractivity contribution in [1.82, 2.24) is 5.32 Å². The van der Waals surface area contributed by atoms with Crippen LogP contribution in [0.3, 0.4) is 0 Å². The number of nitrogens with one attached hydrogen (secondary N) is 1. The molecule has 1 N–H and O–H groups in total. The fourth-order valence-electron chi connectivity index (χ4n) is 2.43. The normalized spacial score (nSPS) is 10.1. The van der Waals surface area contributed by atoms with Gasteiger partial charge in [-0.2, -0.15) is 0 Å². The average molecular weight is 409 g/mol. The summed E-state index contributed by atoms with van der Waals surface area (Å²) in [6.07, 6.45) is 1.31. The first-order valence-electron chi connectivity index (χ1n) is 9.08. The van der Waals surface area contributed by atoms with Crippen molar-refractivity contribution >= 4 is 17.8 Å². The molecule has 154 valence electrons. The molecule has 3 rings (SSSR count). The zero-order chi connectivity index (χ0) is 21.2. The minimum Gasteiger partial charge on any atom is -0.490 e. The van der Waals surface area contributed by atoms with Gasteiger partial charge < -0.3 is 18.6 Å². The van der Waals surface area contributed by atoms with Gasteiger partial charge >= 0.3 is 5.97 Å².